The third-order valence-corrected chi connectivity index (χ3v) is 2.79. The summed E-state index contributed by atoms with van der Waals surface area (Å²) in [6, 6.07) is -0.493. The number of amides is 2. The van der Waals surface area contributed by atoms with Crippen LogP contribution in [0.1, 0.15) is 6.92 Å². The van der Waals surface area contributed by atoms with Gasteiger partial charge in [0.15, 0.2) is 0 Å². The van der Waals surface area contributed by atoms with E-state index in [2.05, 4.69) is 16.0 Å². The lowest BCUT2D eigenvalue weighted by Gasteiger charge is -2.19. The minimum Gasteiger partial charge on any atom is -0.379 e. The summed E-state index contributed by atoms with van der Waals surface area (Å²) in [6.45, 7) is 2.58. The van der Waals surface area contributed by atoms with Crippen LogP contribution >= 0.6 is 0 Å². The van der Waals surface area contributed by atoms with Crippen LogP contribution in [0.2, 0.25) is 0 Å². The molecule has 1 aliphatic rings. The average Bonchev–Trinajstić information content (AvgIpc) is 2.75. The molecule has 92 valence electrons. The van der Waals surface area contributed by atoms with E-state index >= 15 is 0 Å². The Morgan fingerprint density at radius 3 is 2.56 bits per heavy atom. The summed E-state index contributed by atoms with van der Waals surface area (Å²) in [5, 5.41) is 8.18. The van der Waals surface area contributed by atoms with Crippen molar-refractivity contribution in [1.29, 1.82) is 0 Å². The third kappa shape index (κ3) is 2.93. The first-order valence-corrected chi connectivity index (χ1v) is 5.37. The number of nitrogens with one attached hydrogen (secondary N) is 3. The number of rotatable bonds is 4. The first-order valence-electron chi connectivity index (χ1n) is 5.37. The van der Waals surface area contributed by atoms with E-state index in [0.29, 0.717) is 13.2 Å². The van der Waals surface area contributed by atoms with E-state index < -0.39 is 6.04 Å². The zero-order chi connectivity index (χ0) is 12.1. The van der Waals surface area contributed by atoms with Gasteiger partial charge in [-0.2, -0.15) is 0 Å². The van der Waals surface area contributed by atoms with Crippen LogP contribution in [0.4, 0.5) is 0 Å². The summed E-state index contributed by atoms with van der Waals surface area (Å²) >= 11 is 0. The molecular formula is C10H19N3O3. The van der Waals surface area contributed by atoms with E-state index in [1.165, 1.54) is 0 Å². The largest absolute Gasteiger partial charge is 0.379 e. The Labute approximate surface area is 95.1 Å². The van der Waals surface area contributed by atoms with Crippen LogP contribution < -0.4 is 16.0 Å². The molecule has 0 spiro atoms. The molecule has 1 aliphatic heterocycles. The fourth-order valence-corrected chi connectivity index (χ4v) is 1.70. The van der Waals surface area contributed by atoms with Gasteiger partial charge in [-0.15, -0.1) is 0 Å². The van der Waals surface area contributed by atoms with E-state index in [1.54, 1.807) is 21.0 Å². The second-order valence-corrected chi connectivity index (χ2v) is 3.88. The summed E-state index contributed by atoms with van der Waals surface area (Å²) in [7, 11) is 3.34. The van der Waals surface area contributed by atoms with Crippen LogP contribution in [0.3, 0.4) is 0 Å². The molecule has 0 radical (unpaired) electrons. The smallest absolute Gasteiger partial charge is 0.242 e. The summed E-state index contributed by atoms with van der Waals surface area (Å²) in [4.78, 5) is 23.1. The Hall–Kier alpha value is -1.14. The minimum atomic E-state index is -0.518. The van der Waals surface area contributed by atoms with E-state index in [1.807, 2.05) is 0 Å². The van der Waals surface area contributed by atoms with Gasteiger partial charge in [0, 0.05) is 13.1 Å². The molecule has 0 aromatic rings. The van der Waals surface area contributed by atoms with Crippen LogP contribution in [0, 0.1) is 5.92 Å². The molecule has 1 rings (SSSR count). The number of likely N-dealkylation sites (N-methyl/N-ethyl adjacent to an activating group) is 2. The zero-order valence-electron chi connectivity index (χ0n) is 9.87. The highest BCUT2D eigenvalue weighted by Crippen LogP contribution is 2.13. The Morgan fingerprint density at radius 1 is 1.31 bits per heavy atom. The summed E-state index contributed by atoms with van der Waals surface area (Å²) < 4.78 is 5.23. The van der Waals surface area contributed by atoms with Gasteiger partial charge in [0.05, 0.1) is 19.1 Å². The van der Waals surface area contributed by atoms with Crippen molar-refractivity contribution in [2.24, 2.45) is 5.92 Å². The zero-order valence-corrected chi connectivity index (χ0v) is 9.87. The fraction of sp³-hybridized carbons (Fsp3) is 0.800. The molecule has 6 nitrogen and oxygen atoms in total. The number of carbonyl (C=O) groups excluding carboxylic acids is 2. The van der Waals surface area contributed by atoms with Crippen LogP contribution in [0.25, 0.3) is 0 Å². The standard InChI is InChI=1S/C10H19N3O3/c1-6(9(14)12-3)13-10(15)7-4-16-5-8(7)11-2/h6-8,11H,4-5H2,1-3H3,(H,12,14)(H,13,15). The topological polar surface area (TPSA) is 79.5 Å². The second kappa shape index (κ2) is 5.81. The van der Waals surface area contributed by atoms with Gasteiger partial charge in [-0.05, 0) is 14.0 Å². The van der Waals surface area contributed by atoms with Crippen molar-refractivity contribution in [2.45, 2.75) is 19.0 Å². The van der Waals surface area contributed by atoms with Crippen molar-refractivity contribution in [3.63, 3.8) is 0 Å². The summed E-state index contributed by atoms with van der Waals surface area (Å²) in [6.07, 6.45) is 0. The van der Waals surface area contributed by atoms with Crippen molar-refractivity contribution in [3.05, 3.63) is 0 Å². The molecule has 3 atom stereocenters. The van der Waals surface area contributed by atoms with Gasteiger partial charge in [-0.1, -0.05) is 0 Å². The molecule has 6 heteroatoms. The maximum absolute atomic E-state index is 11.8. The maximum atomic E-state index is 11.8. The first kappa shape index (κ1) is 12.9. The van der Waals surface area contributed by atoms with Gasteiger partial charge >= 0.3 is 0 Å². The lowest BCUT2D eigenvalue weighted by atomic mass is 10.0. The minimum absolute atomic E-state index is 0.0249. The Kier molecular flexibility index (Phi) is 4.70. The maximum Gasteiger partial charge on any atom is 0.242 e. The molecule has 3 unspecified atom stereocenters. The lowest BCUT2D eigenvalue weighted by Crippen LogP contribution is -2.49. The molecule has 1 fully saturated rings. The highest BCUT2D eigenvalue weighted by atomic mass is 16.5. The van der Waals surface area contributed by atoms with Crippen molar-refractivity contribution in [3.8, 4) is 0 Å². The van der Waals surface area contributed by atoms with Crippen LogP contribution in [0.15, 0.2) is 0 Å². The molecule has 0 aliphatic carbocycles. The third-order valence-electron chi connectivity index (χ3n) is 2.79. The Balaban J connectivity index is 2.48. The van der Waals surface area contributed by atoms with Gasteiger partial charge in [0.2, 0.25) is 11.8 Å². The van der Waals surface area contributed by atoms with Crippen LogP contribution in [0.5, 0.6) is 0 Å². The first-order chi connectivity index (χ1) is 7.60. The summed E-state index contributed by atoms with van der Waals surface area (Å²) in [5.41, 5.74) is 0. The predicted octanol–water partition coefficient (Wildman–Crippen LogP) is -1.53. The highest BCUT2D eigenvalue weighted by molar-refractivity contribution is 5.88. The van der Waals surface area contributed by atoms with Crippen LogP contribution in [-0.2, 0) is 14.3 Å². The molecule has 1 heterocycles. The normalized spacial score (nSPS) is 26.2. The lowest BCUT2D eigenvalue weighted by molar-refractivity contribution is -0.130. The van der Waals surface area contributed by atoms with E-state index in [9.17, 15) is 9.59 Å². The monoisotopic (exact) mass is 229 g/mol. The van der Waals surface area contributed by atoms with Gasteiger partial charge in [-0.25, -0.2) is 0 Å². The SMILES string of the molecule is CNC(=O)C(C)NC(=O)C1COCC1NC. The van der Waals surface area contributed by atoms with Crippen molar-refractivity contribution in [2.75, 3.05) is 27.3 Å². The second-order valence-electron chi connectivity index (χ2n) is 3.88. The predicted molar refractivity (Wildman–Crippen MR) is 58.8 cm³/mol. The Bertz CT molecular complexity index is 270. The number of hydrogen-bond donors (Lipinski definition) is 3. The van der Waals surface area contributed by atoms with Gasteiger partial charge < -0.3 is 20.7 Å². The highest BCUT2D eigenvalue weighted by Gasteiger charge is 2.33. The molecule has 0 aromatic carbocycles. The molecular weight excluding hydrogens is 210 g/mol. The van der Waals surface area contributed by atoms with Crippen LogP contribution in [-0.4, -0.2) is 51.2 Å². The molecule has 16 heavy (non-hydrogen) atoms. The van der Waals surface area contributed by atoms with Gasteiger partial charge in [0.1, 0.15) is 6.04 Å². The molecule has 0 bridgehead atoms. The average molecular weight is 229 g/mol. The van der Waals surface area contributed by atoms with Crippen molar-refractivity contribution < 1.29 is 14.3 Å². The van der Waals surface area contributed by atoms with E-state index in [4.69, 9.17) is 4.74 Å². The van der Waals surface area contributed by atoms with Gasteiger partial charge in [0.25, 0.3) is 0 Å². The van der Waals surface area contributed by atoms with Crippen molar-refractivity contribution in [1.82, 2.24) is 16.0 Å². The molecule has 0 saturated carbocycles. The molecule has 3 N–H and O–H groups in total. The fourth-order valence-electron chi connectivity index (χ4n) is 1.70. The molecule has 0 aromatic heterocycles. The van der Waals surface area contributed by atoms with E-state index in [0.717, 1.165) is 0 Å². The number of carbonyl (C=O) groups is 2. The van der Waals surface area contributed by atoms with E-state index in [-0.39, 0.29) is 23.8 Å². The molecule has 1 saturated heterocycles. The number of ether oxygens (including phenoxy) is 1. The quantitative estimate of drug-likeness (QED) is 0.546. The summed E-state index contributed by atoms with van der Waals surface area (Å²) in [5.74, 6) is -0.571. The Morgan fingerprint density at radius 2 is 2.00 bits per heavy atom. The molecule has 2 amide bonds. The van der Waals surface area contributed by atoms with Crippen molar-refractivity contribution >= 4 is 11.8 Å². The van der Waals surface area contributed by atoms with Gasteiger partial charge in [-0.3, -0.25) is 9.59 Å². The number of hydrogen-bond acceptors (Lipinski definition) is 4.